The fourth-order valence-corrected chi connectivity index (χ4v) is 1.79. The maximum Gasteiger partial charge on any atom is 0.328 e. The molecular weight excluding hydrogens is 288 g/mol. The van der Waals surface area contributed by atoms with Gasteiger partial charge in [-0.1, -0.05) is 12.1 Å². The number of nitrogens with two attached hydrogens (primary N) is 1. The molecule has 1 rings (SSSR count). The van der Waals surface area contributed by atoms with Gasteiger partial charge in [0, 0.05) is 6.42 Å². The molecule has 122 valence electrons. The van der Waals surface area contributed by atoms with Crippen LogP contribution in [0, 0.1) is 0 Å². The summed E-state index contributed by atoms with van der Waals surface area (Å²) in [5.41, 5.74) is 6.29. The Bertz CT molecular complexity index is 501. The molecule has 0 fully saturated rings. The highest BCUT2D eigenvalue weighted by molar-refractivity contribution is 5.87. The van der Waals surface area contributed by atoms with Crippen molar-refractivity contribution in [3.05, 3.63) is 29.8 Å². The number of phenolic OH excluding ortho intramolecular Hbond substituents is 1. The third kappa shape index (κ3) is 5.34. The second-order valence-electron chi connectivity index (χ2n) is 4.95. The number of amides is 1. The van der Waals surface area contributed by atoms with Crippen molar-refractivity contribution < 1.29 is 24.5 Å². The molecule has 1 aromatic rings. The third-order valence-corrected chi connectivity index (χ3v) is 3.09. The highest BCUT2D eigenvalue weighted by atomic mass is 16.5. The number of benzene rings is 1. The number of carbonyl (C=O) groups excluding carboxylic acids is 2. The molecule has 7 heteroatoms. The predicted molar refractivity (Wildman–Crippen MR) is 80.0 cm³/mol. The number of hydrogen-bond acceptors (Lipinski definition) is 6. The van der Waals surface area contributed by atoms with E-state index in [-0.39, 0.29) is 18.8 Å². The predicted octanol–water partition coefficient (Wildman–Crippen LogP) is -0.309. The standard InChI is InChI=1S/C15H22N2O5/c1-3-22-15(21)12(17-14(20)13(16)9(2)18)8-10-4-6-11(19)7-5-10/h4-7,9,12-13,18-19H,3,8,16H2,1-2H3,(H,17,20)/t9-,12+,13-/m1/s1. The molecule has 0 aliphatic heterocycles. The van der Waals surface area contributed by atoms with Crippen molar-refractivity contribution >= 4 is 11.9 Å². The van der Waals surface area contributed by atoms with Gasteiger partial charge in [-0.3, -0.25) is 4.79 Å². The van der Waals surface area contributed by atoms with Gasteiger partial charge in [-0.25, -0.2) is 4.79 Å². The van der Waals surface area contributed by atoms with E-state index in [1.165, 1.54) is 19.1 Å². The molecular formula is C15H22N2O5. The van der Waals surface area contributed by atoms with E-state index in [0.29, 0.717) is 0 Å². The number of rotatable bonds is 7. The summed E-state index contributed by atoms with van der Waals surface area (Å²) < 4.78 is 4.93. The SMILES string of the molecule is CCOC(=O)[C@H](Cc1ccc(O)cc1)NC(=O)[C@H](N)[C@@H](C)O. The first-order valence-electron chi connectivity index (χ1n) is 7.03. The summed E-state index contributed by atoms with van der Waals surface area (Å²) in [5, 5.41) is 21.1. The fourth-order valence-electron chi connectivity index (χ4n) is 1.79. The zero-order valence-corrected chi connectivity index (χ0v) is 12.7. The summed E-state index contributed by atoms with van der Waals surface area (Å²) in [5.74, 6) is -1.11. The van der Waals surface area contributed by atoms with Crippen LogP contribution in [0.1, 0.15) is 19.4 Å². The van der Waals surface area contributed by atoms with Crippen molar-refractivity contribution in [3.63, 3.8) is 0 Å². The van der Waals surface area contributed by atoms with E-state index in [1.54, 1.807) is 19.1 Å². The molecule has 1 aromatic carbocycles. The van der Waals surface area contributed by atoms with Gasteiger partial charge in [-0.2, -0.15) is 0 Å². The first kappa shape index (κ1) is 17.9. The summed E-state index contributed by atoms with van der Waals surface area (Å²) >= 11 is 0. The van der Waals surface area contributed by atoms with Crippen LogP contribution in [0.25, 0.3) is 0 Å². The lowest BCUT2D eigenvalue weighted by molar-refractivity contribution is -0.147. The minimum atomic E-state index is -1.13. The Balaban J connectivity index is 2.82. The molecule has 0 aliphatic rings. The van der Waals surface area contributed by atoms with Crippen LogP contribution in [0.3, 0.4) is 0 Å². The molecule has 1 amide bonds. The van der Waals surface area contributed by atoms with Crippen LogP contribution in [0.15, 0.2) is 24.3 Å². The normalized spacial score (nSPS) is 14.7. The summed E-state index contributed by atoms with van der Waals surface area (Å²) in [6.07, 6.45) is -0.839. The molecule has 0 aromatic heterocycles. The highest BCUT2D eigenvalue weighted by Crippen LogP contribution is 2.12. The van der Waals surface area contributed by atoms with Crippen LogP contribution in [0.2, 0.25) is 0 Å². The van der Waals surface area contributed by atoms with Gasteiger partial charge < -0.3 is 26.0 Å². The van der Waals surface area contributed by atoms with Crippen molar-refractivity contribution in [2.75, 3.05) is 6.61 Å². The van der Waals surface area contributed by atoms with Gasteiger partial charge in [0.2, 0.25) is 5.91 Å². The van der Waals surface area contributed by atoms with Crippen molar-refractivity contribution in [2.45, 2.75) is 38.5 Å². The molecule has 0 saturated heterocycles. The van der Waals surface area contributed by atoms with Crippen molar-refractivity contribution in [2.24, 2.45) is 5.73 Å². The number of carbonyl (C=O) groups is 2. The lowest BCUT2D eigenvalue weighted by atomic mass is 10.0. The van der Waals surface area contributed by atoms with Crippen LogP contribution in [0.4, 0.5) is 0 Å². The Morgan fingerprint density at radius 3 is 2.41 bits per heavy atom. The first-order valence-corrected chi connectivity index (χ1v) is 7.03. The maximum absolute atomic E-state index is 12.0. The van der Waals surface area contributed by atoms with Crippen LogP contribution in [0.5, 0.6) is 5.75 Å². The van der Waals surface area contributed by atoms with Crippen molar-refractivity contribution in [1.29, 1.82) is 0 Å². The molecule has 22 heavy (non-hydrogen) atoms. The molecule has 3 atom stereocenters. The molecule has 5 N–H and O–H groups in total. The number of esters is 1. The van der Waals surface area contributed by atoms with E-state index < -0.39 is 30.1 Å². The van der Waals surface area contributed by atoms with Gasteiger partial charge >= 0.3 is 5.97 Å². The fraction of sp³-hybridized carbons (Fsp3) is 0.467. The van der Waals surface area contributed by atoms with E-state index in [9.17, 15) is 19.8 Å². The Morgan fingerprint density at radius 1 is 1.32 bits per heavy atom. The number of aromatic hydroxyl groups is 1. The monoisotopic (exact) mass is 310 g/mol. The maximum atomic E-state index is 12.0. The molecule has 0 unspecified atom stereocenters. The van der Waals surface area contributed by atoms with E-state index in [2.05, 4.69) is 5.32 Å². The Morgan fingerprint density at radius 2 is 1.91 bits per heavy atom. The van der Waals surface area contributed by atoms with Crippen LogP contribution < -0.4 is 11.1 Å². The van der Waals surface area contributed by atoms with E-state index in [4.69, 9.17) is 10.5 Å². The minimum absolute atomic E-state index is 0.108. The summed E-state index contributed by atoms with van der Waals surface area (Å²) in [4.78, 5) is 23.9. The van der Waals surface area contributed by atoms with Crippen molar-refractivity contribution in [1.82, 2.24) is 5.32 Å². The van der Waals surface area contributed by atoms with Gasteiger partial charge in [0.05, 0.1) is 12.7 Å². The van der Waals surface area contributed by atoms with Gasteiger partial charge in [-0.15, -0.1) is 0 Å². The number of aliphatic hydroxyl groups is 1. The van der Waals surface area contributed by atoms with Crippen LogP contribution in [-0.4, -0.2) is 46.9 Å². The van der Waals surface area contributed by atoms with E-state index in [0.717, 1.165) is 5.56 Å². The Labute approximate surface area is 129 Å². The van der Waals surface area contributed by atoms with E-state index in [1.807, 2.05) is 0 Å². The van der Waals surface area contributed by atoms with Gasteiger partial charge in [0.25, 0.3) is 0 Å². The molecule has 0 aliphatic carbocycles. The largest absolute Gasteiger partial charge is 0.508 e. The van der Waals surface area contributed by atoms with Crippen molar-refractivity contribution in [3.8, 4) is 5.75 Å². The smallest absolute Gasteiger partial charge is 0.328 e. The third-order valence-electron chi connectivity index (χ3n) is 3.09. The zero-order valence-electron chi connectivity index (χ0n) is 12.7. The minimum Gasteiger partial charge on any atom is -0.508 e. The van der Waals surface area contributed by atoms with Crippen LogP contribution in [-0.2, 0) is 20.7 Å². The summed E-state index contributed by atoms with van der Waals surface area (Å²) in [7, 11) is 0. The summed E-state index contributed by atoms with van der Waals surface area (Å²) in [6, 6.07) is 4.21. The van der Waals surface area contributed by atoms with E-state index >= 15 is 0 Å². The van der Waals surface area contributed by atoms with Gasteiger partial charge in [-0.05, 0) is 31.5 Å². The first-order chi connectivity index (χ1) is 10.3. The number of phenols is 1. The van der Waals surface area contributed by atoms with Crippen LogP contribution >= 0.6 is 0 Å². The topological polar surface area (TPSA) is 122 Å². The number of nitrogens with one attached hydrogen (secondary N) is 1. The molecule has 7 nitrogen and oxygen atoms in total. The Kier molecular flexibility index (Phi) is 6.81. The average molecular weight is 310 g/mol. The molecule has 0 radical (unpaired) electrons. The number of ether oxygens (including phenoxy) is 1. The average Bonchev–Trinajstić information content (AvgIpc) is 2.47. The lowest BCUT2D eigenvalue weighted by Crippen LogP contribution is -2.53. The van der Waals surface area contributed by atoms with Gasteiger partial charge in [0.15, 0.2) is 0 Å². The quantitative estimate of drug-likeness (QED) is 0.513. The number of hydrogen-bond donors (Lipinski definition) is 4. The molecule has 0 bridgehead atoms. The second kappa shape index (κ2) is 8.35. The molecule has 0 spiro atoms. The zero-order chi connectivity index (χ0) is 16.7. The second-order valence-corrected chi connectivity index (χ2v) is 4.95. The number of aliphatic hydroxyl groups excluding tert-OH is 1. The Hall–Kier alpha value is -2.12. The lowest BCUT2D eigenvalue weighted by Gasteiger charge is -2.21. The highest BCUT2D eigenvalue weighted by Gasteiger charge is 2.27. The van der Waals surface area contributed by atoms with Gasteiger partial charge in [0.1, 0.15) is 17.8 Å². The molecule has 0 saturated carbocycles. The molecule has 0 heterocycles. The summed E-state index contributed by atoms with van der Waals surface area (Å²) in [6.45, 7) is 3.24.